The highest BCUT2D eigenvalue weighted by Crippen LogP contribution is 2.43. The van der Waals surface area contributed by atoms with Crippen LogP contribution >= 0.6 is 0 Å². The van der Waals surface area contributed by atoms with Crippen LogP contribution in [0.25, 0.3) is 22.6 Å². The number of aromatic nitrogens is 5. The van der Waals surface area contributed by atoms with Crippen LogP contribution in [0.2, 0.25) is 0 Å². The summed E-state index contributed by atoms with van der Waals surface area (Å²) in [5.41, 5.74) is 1.58. The highest BCUT2D eigenvalue weighted by molar-refractivity contribution is 5.71. The van der Waals surface area contributed by atoms with E-state index in [-0.39, 0.29) is 35.3 Å². The minimum Gasteiger partial charge on any atom is -0.507 e. The normalized spacial score (nSPS) is 23.5. The molecule has 1 N–H and O–H groups in total. The summed E-state index contributed by atoms with van der Waals surface area (Å²) in [6, 6.07) is 4.83. The SMILES string of the molecule is COc1ncc(-c2ccc(-c3ncc(N(C)[C@@H]4C[C@H]5CCC[C@H](C5)[C@@H]4F)nn3)c(O)c2)nc1OC. The van der Waals surface area contributed by atoms with E-state index in [2.05, 4.69) is 25.1 Å². The number of aromatic hydroxyl groups is 1. The highest BCUT2D eigenvalue weighted by Gasteiger charge is 2.42. The summed E-state index contributed by atoms with van der Waals surface area (Å²) in [5, 5.41) is 19.2. The van der Waals surface area contributed by atoms with E-state index in [0.717, 1.165) is 25.7 Å². The molecular formula is C25H29FN6O3. The second kappa shape index (κ2) is 9.59. The first kappa shape index (κ1) is 23.2. The zero-order valence-corrected chi connectivity index (χ0v) is 20.1. The summed E-state index contributed by atoms with van der Waals surface area (Å²) in [4.78, 5) is 14.8. The van der Waals surface area contributed by atoms with Crippen LogP contribution in [0.4, 0.5) is 10.2 Å². The van der Waals surface area contributed by atoms with Gasteiger partial charge in [0.15, 0.2) is 11.6 Å². The van der Waals surface area contributed by atoms with Crippen molar-refractivity contribution in [3.05, 3.63) is 30.6 Å². The first-order chi connectivity index (χ1) is 17.0. The Morgan fingerprint density at radius 2 is 1.86 bits per heavy atom. The number of phenolic OH excluding ortho intramolecular Hbond substituents is 1. The Morgan fingerprint density at radius 1 is 1.03 bits per heavy atom. The van der Waals surface area contributed by atoms with Crippen LogP contribution in [0.5, 0.6) is 17.5 Å². The number of nitrogens with zero attached hydrogens (tertiary/aromatic N) is 6. The third-order valence-electron chi connectivity index (χ3n) is 7.25. The smallest absolute Gasteiger partial charge is 0.278 e. The van der Waals surface area contributed by atoms with Gasteiger partial charge in [0.1, 0.15) is 11.9 Å². The molecule has 9 nitrogen and oxygen atoms in total. The van der Waals surface area contributed by atoms with Crippen LogP contribution in [0.15, 0.2) is 30.6 Å². The zero-order valence-electron chi connectivity index (χ0n) is 20.1. The largest absolute Gasteiger partial charge is 0.507 e. The molecule has 2 heterocycles. The molecule has 0 radical (unpaired) electrons. The molecule has 4 atom stereocenters. The number of alkyl halides is 1. The number of anilines is 1. The second-order valence-corrected chi connectivity index (χ2v) is 9.30. The molecule has 0 amide bonds. The van der Waals surface area contributed by atoms with Crippen molar-refractivity contribution in [2.45, 2.75) is 44.3 Å². The van der Waals surface area contributed by atoms with E-state index in [9.17, 15) is 5.11 Å². The predicted octanol–water partition coefficient (Wildman–Crippen LogP) is 4.07. The number of hydrogen-bond acceptors (Lipinski definition) is 9. The van der Waals surface area contributed by atoms with Crippen LogP contribution in [-0.2, 0) is 0 Å². The van der Waals surface area contributed by atoms with Gasteiger partial charge in [-0.2, -0.15) is 0 Å². The molecule has 10 heteroatoms. The van der Waals surface area contributed by atoms with Crippen LogP contribution in [0.3, 0.4) is 0 Å². The molecule has 0 unspecified atom stereocenters. The van der Waals surface area contributed by atoms with E-state index >= 15 is 4.39 Å². The first-order valence-corrected chi connectivity index (χ1v) is 11.8. The lowest BCUT2D eigenvalue weighted by Crippen LogP contribution is -2.49. The molecule has 2 aromatic heterocycles. The number of benzene rings is 1. The average Bonchev–Trinajstić information content (AvgIpc) is 2.90. The quantitative estimate of drug-likeness (QED) is 0.559. The molecule has 2 saturated carbocycles. The summed E-state index contributed by atoms with van der Waals surface area (Å²) >= 11 is 0. The molecule has 35 heavy (non-hydrogen) atoms. The fourth-order valence-electron chi connectivity index (χ4n) is 5.37. The topological polar surface area (TPSA) is 106 Å². The minimum absolute atomic E-state index is 0.0223. The number of phenols is 1. The molecule has 0 saturated heterocycles. The maximum Gasteiger partial charge on any atom is 0.278 e. The van der Waals surface area contributed by atoms with Gasteiger partial charge < -0.3 is 19.5 Å². The summed E-state index contributed by atoms with van der Waals surface area (Å²) in [5.74, 6) is 2.03. The number of fused-ring (bicyclic) bond motifs is 2. The average molecular weight is 481 g/mol. The van der Waals surface area contributed by atoms with Gasteiger partial charge in [0.25, 0.3) is 11.8 Å². The van der Waals surface area contributed by atoms with Crippen molar-refractivity contribution in [3.63, 3.8) is 0 Å². The van der Waals surface area contributed by atoms with Crippen LogP contribution in [0.1, 0.15) is 32.1 Å². The monoisotopic (exact) mass is 480 g/mol. The standard InChI is InChI=1S/C25H29FN6O3/c1-32(19-10-14-5-4-6-16(9-14)22(19)26)21-13-27-23(31-30-21)17-8-7-15(11-20(17)33)18-12-28-24(34-2)25(29-18)35-3/h7-8,11-14,16,19,22,33H,4-6,9-10H2,1-3H3/t14-,16+,19+,22-/m0/s1. The fraction of sp³-hybridized carbons (Fsp3) is 0.480. The Balaban J connectivity index is 1.35. The maximum atomic E-state index is 15.2. The van der Waals surface area contributed by atoms with Crippen molar-refractivity contribution in [1.29, 1.82) is 0 Å². The Labute approximate surface area is 203 Å². The lowest BCUT2D eigenvalue weighted by Gasteiger charge is -2.45. The van der Waals surface area contributed by atoms with Crippen LogP contribution in [0, 0.1) is 11.8 Å². The van der Waals surface area contributed by atoms with Crippen molar-refractivity contribution < 1.29 is 19.0 Å². The van der Waals surface area contributed by atoms with Crippen molar-refractivity contribution in [2.75, 3.05) is 26.2 Å². The van der Waals surface area contributed by atoms with E-state index < -0.39 is 6.17 Å². The van der Waals surface area contributed by atoms with Gasteiger partial charge in [-0.1, -0.05) is 18.9 Å². The van der Waals surface area contributed by atoms with Crippen molar-refractivity contribution in [2.24, 2.45) is 11.8 Å². The number of ether oxygens (including phenoxy) is 2. The van der Waals surface area contributed by atoms with E-state index in [0.29, 0.717) is 28.6 Å². The third kappa shape index (κ3) is 4.44. The summed E-state index contributed by atoms with van der Waals surface area (Å²) in [6.07, 6.45) is 7.37. The van der Waals surface area contributed by atoms with Crippen molar-refractivity contribution >= 4 is 5.82 Å². The zero-order chi connectivity index (χ0) is 24.5. The van der Waals surface area contributed by atoms with Gasteiger partial charge in [-0.15, -0.1) is 10.2 Å². The van der Waals surface area contributed by atoms with Crippen molar-refractivity contribution in [3.8, 4) is 40.2 Å². The molecular weight excluding hydrogens is 451 g/mol. The molecule has 1 aromatic carbocycles. The Bertz CT molecular complexity index is 1190. The Kier molecular flexibility index (Phi) is 6.36. The molecule has 5 rings (SSSR count). The van der Waals surface area contributed by atoms with E-state index in [4.69, 9.17) is 9.47 Å². The van der Waals surface area contributed by atoms with Gasteiger partial charge in [0.05, 0.1) is 43.9 Å². The molecule has 2 bridgehead atoms. The predicted molar refractivity (Wildman–Crippen MR) is 128 cm³/mol. The van der Waals surface area contributed by atoms with E-state index in [1.807, 2.05) is 11.9 Å². The third-order valence-corrected chi connectivity index (χ3v) is 7.25. The van der Waals surface area contributed by atoms with Gasteiger partial charge in [-0.25, -0.2) is 19.3 Å². The number of rotatable bonds is 6. The van der Waals surface area contributed by atoms with E-state index in [1.54, 1.807) is 24.4 Å². The van der Waals surface area contributed by atoms with Gasteiger partial charge in [-0.3, -0.25) is 0 Å². The lowest BCUT2D eigenvalue weighted by molar-refractivity contribution is 0.0656. The molecule has 2 aliphatic rings. The first-order valence-electron chi connectivity index (χ1n) is 11.8. The van der Waals surface area contributed by atoms with Gasteiger partial charge in [0.2, 0.25) is 0 Å². The second-order valence-electron chi connectivity index (χ2n) is 9.30. The van der Waals surface area contributed by atoms with Crippen LogP contribution in [-0.4, -0.2) is 63.7 Å². The van der Waals surface area contributed by atoms with E-state index in [1.165, 1.54) is 26.8 Å². The number of halogens is 1. The van der Waals surface area contributed by atoms with Gasteiger partial charge in [-0.05, 0) is 43.2 Å². The number of hydrogen-bond donors (Lipinski definition) is 1. The Morgan fingerprint density at radius 3 is 2.57 bits per heavy atom. The van der Waals surface area contributed by atoms with Gasteiger partial charge >= 0.3 is 0 Å². The highest BCUT2D eigenvalue weighted by atomic mass is 19.1. The summed E-state index contributed by atoms with van der Waals surface area (Å²) in [6.45, 7) is 0. The van der Waals surface area contributed by atoms with Gasteiger partial charge in [0, 0.05) is 12.6 Å². The number of methoxy groups -OCH3 is 2. The maximum absolute atomic E-state index is 15.2. The van der Waals surface area contributed by atoms with Crippen molar-refractivity contribution in [1.82, 2.24) is 25.1 Å². The molecule has 3 aromatic rings. The molecule has 184 valence electrons. The lowest BCUT2D eigenvalue weighted by atomic mass is 9.69. The summed E-state index contributed by atoms with van der Waals surface area (Å²) in [7, 11) is 4.83. The molecule has 0 aliphatic heterocycles. The molecule has 0 spiro atoms. The fourth-order valence-corrected chi connectivity index (χ4v) is 5.37. The Hall–Kier alpha value is -3.56. The summed E-state index contributed by atoms with van der Waals surface area (Å²) < 4.78 is 25.5. The molecule has 2 fully saturated rings. The van der Waals surface area contributed by atoms with Crippen LogP contribution < -0.4 is 14.4 Å². The molecule has 2 aliphatic carbocycles. The minimum atomic E-state index is -0.866.